The number of carbonyl (C=O) groups excluding carboxylic acids is 1. The topological polar surface area (TPSA) is 62.6 Å². The fraction of sp³-hybridized carbons (Fsp3) is 0.158. The van der Waals surface area contributed by atoms with E-state index in [9.17, 15) is 9.18 Å². The number of hydrogen-bond acceptors (Lipinski definition) is 5. The van der Waals surface area contributed by atoms with Crippen LogP contribution in [-0.4, -0.2) is 30.0 Å². The summed E-state index contributed by atoms with van der Waals surface area (Å²) in [7, 11) is 3.08. The summed E-state index contributed by atoms with van der Waals surface area (Å²) in [6.07, 6.45) is 1.50. The van der Waals surface area contributed by atoms with Gasteiger partial charge in [0.25, 0.3) is 0 Å². The first-order valence-electron chi connectivity index (χ1n) is 7.81. The van der Waals surface area contributed by atoms with Crippen molar-refractivity contribution in [3.05, 3.63) is 71.8 Å². The van der Waals surface area contributed by atoms with E-state index in [-0.39, 0.29) is 18.0 Å². The summed E-state index contributed by atoms with van der Waals surface area (Å²) in [5.74, 6) is 0.151. The second-order valence-electron chi connectivity index (χ2n) is 5.35. The summed E-state index contributed by atoms with van der Waals surface area (Å²) in [5.41, 5.74) is 0.991. The zero-order valence-corrected chi connectivity index (χ0v) is 14.3. The predicted molar refractivity (Wildman–Crippen MR) is 92.2 cm³/mol. The van der Waals surface area contributed by atoms with E-state index < -0.39 is 11.8 Å². The Morgan fingerprint density at radius 1 is 1.12 bits per heavy atom. The van der Waals surface area contributed by atoms with Crippen molar-refractivity contribution in [1.29, 1.82) is 0 Å². The number of methoxy groups -OCH3 is 2. The summed E-state index contributed by atoms with van der Waals surface area (Å²) in [4.78, 5) is 12.2. The molecule has 134 valence electrons. The highest BCUT2D eigenvalue weighted by Crippen LogP contribution is 2.25. The van der Waals surface area contributed by atoms with Gasteiger partial charge in [0.2, 0.25) is 0 Å². The Bertz CT molecular complexity index is 923. The van der Waals surface area contributed by atoms with Crippen LogP contribution < -0.4 is 9.47 Å². The fourth-order valence-corrected chi connectivity index (χ4v) is 2.42. The van der Waals surface area contributed by atoms with Crippen LogP contribution in [0.3, 0.4) is 0 Å². The molecular formula is C19H17FN2O4. The second-order valence-corrected chi connectivity index (χ2v) is 5.35. The SMILES string of the molecule is COc1ccc(OC)c(COC(=O)c2ccn(-c3ccccc3F)n2)c1. The maximum absolute atomic E-state index is 13.8. The van der Waals surface area contributed by atoms with Crippen LogP contribution in [-0.2, 0) is 11.3 Å². The lowest BCUT2D eigenvalue weighted by atomic mass is 10.2. The largest absolute Gasteiger partial charge is 0.497 e. The molecule has 0 aliphatic rings. The normalized spacial score (nSPS) is 10.4. The third-order valence-electron chi connectivity index (χ3n) is 3.74. The lowest BCUT2D eigenvalue weighted by Crippen LogP contribution is -2.08. The molecule has 0 radical (unpaired) electrons. The summed E-state index contributed by atoms with van der Waals surface area (Å²) >= 11 is 0. The fourth-order valence-electron chi connectivity index (χ4n) is 2.42. The molecule has 0 atom stereocenters. The number of esters is 1. The number of rotatable bonds is 6. The lowest BCUT2D eigenvalue weighted by molar-refractivity contribution is 0.0462. The Morgan fingerprint density at radius 3 is 2.65 bits per heavy atom. The molecule has 6 nitrogen and oxygen atoms in total. The highest BCUT2D eigenvalue weighted by atomic mass is 19.1. The molecule has 0 aliphatic heterocycles. The van der Waals surface area contributed by atoms with E-state index in [2.05, 4.69) is 5.10 Å². The van der Waals surface area contributed by atoms with Crippen LogP contribution in [0.25, 0.3) is 5.69 Å². The second kappa shape index (κ2) is 7.69. The number of halogens is 1. The van der Waals surface area contributed by atoms with E-state index in [1.165, 1.54) is 30.1 Å². The Labute approximate surface area is 149 Å². The Morgan fingerprint density at radius 2 is 1.92 bits per heavy atom. The quantitative estimate of drug-likeness (QED) is 0.634. The monoisotopic (exact) mass is 356 g/mol. The molecule has 0 amide bonds. The zero-order valence-electron chi connectivity index (χ0n) is 14.3. The minimum absolute atomic E-state index is 0.00817. The predicted octanol–water partition coefficient (Wildman–Crippen LogP) is 3.39. The van der Waals surface area contributed by atoms with Crippen LogP contribution in [0.5, 0.6) is 11.5 Å². The molecule has 0 bridgehead atoms. The number of nitrogens with zero attached hydrogens (tertiary/aromatic N) is 2. The number of hydrogen-bond donors (Lipinski definition) is 0. The first kappa shape index (κ1) is 17.5. The van der Waals surface area contributed by atoms with Gasteiger partial charge in [0.1, 0.15) is 29.6 Å². The smallest absolute Gasteiger partial charge is 0.359 e. The van der Waals surface area contributed by atoms with Crippen molar-refractivity contribution in [2.75, 3.05) is 14.2 Å². The van der Waals surface area contributed by atoms with E-state index in [1.807, 2.05) is 0 Å². The van der Waals surface area contributed by atoms with E-state index in [0.29, 0.717) is 17.1 Å². The molecular weight excluding hydrogens is 339 g/mol. The van der Waals surface area contributed by atoms with Gasteiger partial charge in [-0.25, -0.2) is 13.9 Å². The highest BCUT2D eigenvalue weighted by Gasteiger charge is 2.15. The van der Waals surface area contributed by atoms with Crippen molar-refractivity contribution in [2.24, 2.45) is 0 Å². The lowest BCUT2D eigenvalue weighted by Gasteiger charge is -2.10. The molecule has 0 aliphatic carbocycles. The van der Waals surface area contributed by atoms with Crippen LogP contribution in [0.4, 0.5) is 4.39 Å². The standard InChI is InChI=1S/C19H17FN2O4/c1-24-14-7-8-18(25-2)13(11-14)12-26-19(23)16-9-10-22(21-16)17-6-4-3-5-15(17)20/h3-11H,12H2,1-2H3. The molecule has 0 spiro atoms. The molecule has 1 heterocycles. The van der Waals surface area contributed by atoms with Crippen LogP contribution >= 0.6 is 0 Å². The summed E-state index contributed by atoms with van der Waals surface area (Å²) in [6, 6.07) is 12.8. The van der Waals surface area contributed by atoms with E-state index in [4.69, 9.17) is 14.2 Å². The number of aromatic nitrogens is 2. The molecule has 26 heavy (non-hydrogen) atoms. The summed E-state index contributed by atoms with van der Waals surface area (Å²) in [6.45, 7) is -0.00817. The van der Waals surface area contributed by atoms with Crippen LogP contribution in [0, 0.1) is 5.82 Å². The Kier molecular flexibility index (Phi) is 5.17. The van der Waals surface area contributed by atoms with Crippen molar-refractivity contribution < 1.29 is 23.4 Å². The van der Waals surface area contributed by atoms with E-state index in [0.717, 1.165) is 0 Å². The first-order chi connectivity index (χ1) is 12.6. The minimum atomic E-state index is -0.620. The zero-order chi connectivity index (χ0) is 18.5. The van der Waals surface area contributed by atoms with E-state index >= 15 is 0 Å². The van der Waals surface area contributed by atoms with Crippen molar-refractivity contribution in [3.63, 3.8) is 0 Å². The van der Waals surface area contributed by atoms with Gasteiger partial charge in [-0.1, -0.05) is 12.1 Å². The average molecular weight is 356 g/mol. The third-order valence-corrected chi connectivity index (χ3v) is 3.74. The Balaban J connectivity index is 1.73. The van der Waals surface area contributed by atoms with Crippen molar-refractivity contribution in [3.8, 4) is 17.2 Å². The van der Waals surface area contributed by atoms with Gasteiger partial charge in [-0.2, -0.15) is 5.10 Å². The molecule has 0 N–H and O–H groups in total. The number of benzene rings is 2. The van der Waals surface area contributed by atoms with Gasteiger partial charge >= 0.3 is 5.97 Å². The van der Waals surface area contributed by atoms with Gasteiger partial charge in [0.05, 0.1) is 14.2 Å². The van der Waals surface area contributed by atoms with Crippen molar-refractivity contribution in [2.45, 2.75) is 6.61 Å². The minimum Gasteiger partial charge on any atom is -0.497 e. The van der Waals surface area contributed by atoms with Gasteiger partial charge in [-0.3, -0.25) is 0 Å². The van der Waals surface area contributed by atoms with Gasteiger partial charge in [-0.15, -0.1) is 0 Å². The van der Waals surface area contributed by atoms with Crippen molar-refractivity contribution in [1.82, 2.24) is 9.78 Å². The Hall–Kier alpha value is -3.35. The van der Waals surface area contributed by atoms with E-state index in [1.54, 1.807) is 43.5 Å². The number of carbonyl (C=O) groups is 1. The molecule has 2 aromatic carbocycles. The average Bonchev–Trinajstić information content (AvgIpc) is 3.16. The highest BCUT2D eigenvalue weighted by molar-refractivity contribution is 5.87. The summed E-state index contributed by atoms with van der Waals surface area (Å²) in [5, 5.41) is 4.08. The van der Waals surface area contributed by atoms with Gasteiger partial charge in [-0.05, 0) is 36.4 Å². The molecule has 0 unspecified atom stereocenters. The maximum atomic E-state index is 13.8. The molecule has 3 aromatic rings. The van der Waals surface area contributed by atoms with Gasteiger partial charge in [0.15, 0.2) is 5.69 Å². The van der Waals surface area contributed by atoms with Crippen molar-refractivity contribution >= 4 is 5.97 Å². The number of ether oxygens (including phenoxy) is 3. The van der Waals surface area contributed by atoms with Crippen LogP contribution in [0.15, 0.2) is 54.7 Å². The first-order valence-corrected chi connectivity index (χ1v) is 7.81. The van der Waals surface area contributed by atoms with Crippen LogP contribution in [0.2, 0.25) is 0 Å². The molecule has 1 aromatic heterocycles. The molecule has 0 fully saturated rings. The maximum Gasteiger partial charge on any atom is 0.359 e. The molecule has 7 heteroatoms. The summed E-state index contributed by atoms with van der Waals surface area (Å²) < 4.78 is 30.8. The molecule has 3 rings (SSSR count). The van der Waals surface area contributed by atoms with Gasteiger partial charge < -0.3 is 14.2 Å². The van der Waals surface area contributed by atoms with Crippen LogP contribution in [0.1, 0.15) is 16.1 Å². The third kappa shape index (κ3) is 3.66. The number of para-hydroxylation sites is 1. The van der Waals surface area contributed by atoms with Gasteiger partial charge in [0, 0.05) is 11.8 Å². The molecule has 0 saturated heterocycles. The molecule has 0 saturated carbocycles.